The lowest BCUT2D eigenvalue weighted by Crippen LogP contribution is -2.33. The van der Waals surface area contributed by atoms with Gasteiger partial charge < -0.3 is 29.1 Å². The van der Waals surface area contributed by atoms with E-state index in [9.17, 15) is 14.7 Å². The third kappa shape index (κ3) is 4.46. The van der Waals surface area contributed by atoms with Crippen LogP contribution in [0.1, 0.15) is 37.4 Å². The molecule has 0 spiro atoms. The SMILES string of the molecule is CCN(CC)CCCN1C(=O)C(=O)C(=C(O)c2ccc3c(c2)OCO3)C1c1cccc(OC)c1. The number of aliphatic hydroxyl groups excluding tert-OH is 1. The predicted molar refractivity (Wildman–Crippen MR) is 127 cm³/mol. The van der Waals surface area contributed by atoms with Gasteiger partial charge in [0.25, 0.3) is 11.7 Å². The number of ketones is 1. The van der Waals surface area contributed by atoms with Crippen LogP contribution in [0.5, 0.6) is 17.2 Å². The Labute approximate surface area is 199 Å². The smallest absolute Gasteiger partial charge is 0.295 e. The first-order valence-corrected chi connectivity index (χ1v) is 11.5. The number of Topliss-reactive ketones (excluding diaryl/α,β-unsaturated/α-hetero) is 1. The Hall–Kier alpha value is -3.52. The molecule has 0 bridgehead atoms. The molecule has 0 aliphatic carbocycles. The quantitative estimate of drug-likeness (QED) is 0.343. The number of carbonyl (C=O) groups is 2. The second-order valence-electron chi connectivity index (χ2n) is 8.22. The van der Waals surface area contributed by atoms with E-state index in [1.807, 2.05) is 12.1 Å². The number of benzene rings is 2. The fraction of sp³-hybridized carbons (Fsp3) is 0.385. The highest BCUT2D eigenvalue weighted by Gasteiger charge is 2.46. The molecule has 2 aliphatic rings. The number of nitrogens with zero attached hydrogens (tertiary/aromatic N) is 2. The fourth-order valence-electron chi connectivity index (χ4n) is 4.47. The lowest BCUT2D eigenvalue weighted by molar-refractivity contribution is -0.140. The van der Waals surface area contributed by atoms with Crippen LogP contribution in [0.4, 0.5) is 0 Å². The standard InChI is InChI=1S/C26H30N2O6/c1-4-27(5-2)12-7-13-28-23(17-8-6-9-19(14-17)32-3)22(25(30)26(28)31)24(29)18-10-11-20-21(15-18)34-16-33-20/h6,8-11,14-15,23,29H,4-5,7,12-13,16H2,1-3H3. The summed E-state index contributed by atoms with van der Waals surface area (Å²) in [5, 5.41) is 11.2. The number of carbonyl (C=O) groups excluding carboxylic acids is 2. The molecule has 0 saturated carbocycles. The van der Waals surface area contributed by atoms with E-state index in [0.29, 0.717) is 41.3 Å². The summed E-state index contributed by atoms with van der Waals surface area (Å²) in [6.45, 7) is 7.32. The second-order valence-corrected chi connectivity index (χ2v) is 8.22. The molecule has 1 saturated heterocycles. The molecule has 1 unspecified atom stereocenters. The first-order valence-electron chi connectivity index (χ1n) is 11.5. The van der Waals surface area contributed by atoms with E-state index in [4.69, 9.17) is 14.2 Å². The molecule has 1 fully saturated rings. The maximum Gasteiger partial charge on any atom is 0.295 e. The molecule has 8 nitrogen and oxygen atoms in total. The van der Waals surface area contributed by atoms with Crippen molar-refractivity contribution in [2.75, 3.05) is 40.1 Å². The van der Waals surface area contributed by atoms with Crippen molar-refractivity contribution < 1.29 is 28.9 Å². The zero-order chi connectivity index (χ0) is 24.2. The number of methoxy groups -OCH3 is 1. The molecule has 34 heavy (non-hydrogen) atoms. The van der Waals surface area contributed by atoms with Gasteiger partial charge in [-0.2, -0.15) is 0 Å². The lowest BCUT2D eigenvalue weighted by atomic mass is 9.95. The van der Waals surface area contributed by atoms with Crippen LogP contribution >= 0.6 is 0 Å². The molecule has 2 aliphatic heterocycles. The first kappa shape index (κ1) is 23.6. The maximum absolute atomic E-state index is 13.2. The predicted octanol–water partition coefficient (Wildman–Crippen LogP) is 3.58. The van der Waals surface area contributed by atoms with Crippen LogP contribution in [0.25, 0.3) is 5.76 Å². The third-order valence-electron chi connectivity index (χ3n) is 6.36. The van der Waals surface area contributed by atoms with Crippen molar-refractivity contribution in [3.63, 3.8) is 0 Å². The molecule has 4 rings (SSSR count). The Balaban J connectivity index is 1.75. The highest BCUT2D eigenvalue weighted by Crippen LogP contribution is 2.42. The average molecular weight is 467 g/mol. The molecule has 0 aromatic heterocycles. The van der Waals surface area contributed by atoms with Crippen LogP contribution < -0.4 is 14.2 Å². The van der Waals surface area contributed by atoms with Crippen LogP contribution in [-0.4, -0.2) is 66.7 Å². The minimum atomic E-state index is -0.725. The number of hydrogen-bond donors (Lipinski definition) is 1. The number of amides is 1. The van der Waals surface area contributed by atoms with Crippen molar-refractivity contribution >= 4 is 17.4 Å². The highest BCUT2D eigenvalue weighted by atomic mass is 16.7. The molecular weight excluding hydrogens is 436 g/mol. The molecule has 2 heterocycles. The van der Waals surface area contributed by atoms with Crippen LogP contribution in [0.3, 0.4) is 0 Å². The summed E-state index contributed by atoms with van der Waals surface area (Å²) < 4.78 is 16.1. The van der Waals surface area contributed by atoms with Gasteiger partial charge in [0.05, 0.1) is 18.7 Å². The van der Waals surface area contributed by atoms with Gasteiger partial charge in [-0.3, -0.25) is 9.59 Å². The Morgan fingerprint density at radius 1 is 1.12 bits per heavy atom. The van der Waals surface area contributed by atoms with Gasteiger partial charge in [0, 0.05) is 12.1 Å². The van der Waals surface area contributed by atoms with E-state index >= 15 is 0 Å². The number of ether oxygens (including phenoxy) is 3. The van der Waals surface area contributed by atoms with Crippen LogP contribution in [0.15, 0.2) is 48.0 Å². The second kappa shape index (κ2) is 10.2. The number of hydrogen-bond acceptors (Lipinski definition) is 7. The van der Waals surface area contributed by atoms with Gasteiger partial charge in [0.1, 0.15) is 11.5 Å². The summed E-state index contributed by atoms with van der Waals surface area (Å²) in [4.78, 5) is 30.2. The zero-order valence-corrected chi connectivity index (χ0v) is 19.7. The summed E-state index contributed by atoms with van der Waals surface area (Å²) in [5.74, 6) is 0.0960. The molecule has 1 atom stereocenters. The van der Waals surface area contributed by atoms with Crippen molar-refractivity contribution in [2.24, 2.45) is 0 Å². The third-order valence-corrected chi connectivity index (χ3v) is 6.36. The van der Waals surface area contributed by atoms with Crippen molar-refractivity contribution in [2.45, 2.75) is 26.3 Å². The number of likely N-dealkylation sites (tertiary alicyclic amines) is 1. The molecule has 1 amide bonds. The molecule has 180 valence electrons. The first-order chi connectivity index (χ1) is 16.5. The van der Waals surface area contributed by atoms with Gasteiger partial charge in [-0.05, 0) is 62.0 Å². The monoisotopic (exact) mass is 466 g/mol. The van der Waals surface area contributed by atoms with E-state index in [0.717, 1.165) is 19.6 Å². The Morgan fingerprint density at radius 3 is 2.62 bits per heavy atom. The number of rotatable bonds is 9. The highest BCUT2D eigenvalue weighted by molar-refractivity contribution is 6.46. The van der Waals surface area contributed by atoms with E-state index in [2.05, 4.69) is 18.7 Å². The minimum absolute atomic E-state index is 0.0555. The molecule has 2 aromatic carbocycles. The number of fused-ring (bicyclic) bond motifs is 1. The van der Waals surface area contributed by atoms with Crippen molar-refractivity contribution in [3.8, 4) is 17.2 Å². The molecule has 1 N–H and O–H groups in total. The van der Waals surface area contributed by atoms with Gasteiger partial charge in [0.2, 0.25) is 6.79 Å². The molecular formula is C26H30N2O6. The average Bonchev–Trinajstić information content (AvgIpc) is 3.43. The van der Waals surface area contributed by atoms with E-state index < -0.39 is 17.7 Å². The van der Waals surface area contributed by atoms with Gasteiger partial charge in [0.15, 0.2) is 11.5 Å². The van der Waals surface area contributed by atoms with Crippen molar-refractivity contribution in [1.82, 2.24) is 9.80 Å². The van der Waals surface area contributed by atoms with E-state index in [1.54, 1.807) is 42.3 Å². The van der Waals surface area contributed by atoms with Crippen LogP contribution in [-0.2, 0) is 9.59 Å². The summed E-state index contributed by atoms with van der Waals surface area (Å²) in [7, 11) is 1.56. The Kier molecular flexibility index (Phi) is 7.07. The Bertz CT molecular complexity index is 1110. The number of aliphatic hydroxyl groups is 1. The van der Waals surface area contributed by atoms with Crippen LogP contribution in [0.2, 0.25) is 0 Å². The van der Waals surface area contributed by atoms with Crippen LogP contribution in [0, 0.1) is 0 Å². The Morgan fingerprint density at radius 2 is 1.88 bits per heavy atom. The maximum atomic E-state index is 13.2. The summed E-state index contributed by atoms with van der Waals surface area (Å²) in [5.41, 5.74) is 1.14. The van der Waals surface area contributed by atoms with Gasteiger partial charge >= 0.3 is 0 Å². The molecule has 8 heteroatoms. The van der Waals surface area contributed by atoms with Gasteiger partial charge in [-0.15, -0.1) is 0 Å². The van der Waals surface area contributed by atoms with Gasteiger partial charge in [-0.25, -0.2) is 0 Å². The van der Waals surface area contributed by atoms with Crippen molar-refractivity contribution in [1.29, 1.82) is 0 Å². The molecule has 2 aromatic rings. The minimum Gasteiger partial charge on any atom is -0.507 e. The zero-order valence-electron chi connectivity index (χ0n) is 19.7. The summed E-state index contributed by atoms with van der Waals surface area (Å²) >= 11 is 0. The fourth-order valence-corrected chi connectivity index (χ4v) is 4.47. The normalized spacial score (nSPS) is 18.7. The summed E-state index contributed by atoms with van der Waals surface area (Å²) in [6, 6.07) is 11.5. The van der Waals surface area contributed by atoms with Crippen molar-refractivity contribution in [3.05, 3.63) is 59.2 Å². The largest absolute Gasteiger partial charge is 0.507 e. The van der Waals surface area contributed by atoms with E-state index in [1.165, 1.54) is 0 Å². The lowest BCUT2D eigenvalue weighted by Gasteiger charge is -2.27. The van der Waals surface area contributed by atoms with Gasteiger partial charge in [-0.1, -0.05) is 26.0 Å². The summed E-state index contributed by atoms with van der Waals surface area (Å²) in [6.07, 6.45) is 0.708. The topological polar surface area (TPSA) is 88.5 Å². The molecule has 0 radical (unpaired) electrons. The van der Waals surface area contributed by atoms with E-state index in [-0.39, 0.29) is 18.1 Å².